The van der Waals surface area contributed by atoms with E-state index in [1.54, 1.807) is 46.9 Å². The lowest BCUT2D eigenvalue weighted by atomic mass is 10.1. The molecule has 0 bridgehead atoms. The molecule has 11 heteroatoms. The summed E-state index contributed by atoms with van der Waals surface area (Å²) < 4.78 is 1.61. The molecule has 1 N–H and O–H groups in total. The highest BCUT2D eigenvalue weighted by atomic mass is 35.5. The standard InChI is InChI=1S/C26H29Cl2N5O2S2/c27-23-7-5-21(36-23)17-30-9-13-32(14-10-30)25(34)19-1-3-20(4-2-19)29-26(35)33-15-11-31(12-16-33)18-22-6-8-24(28)37-22/h1-8H,9-18H2,(H,29,35). The zero-order chi connectivity index (χ0) is 25.8. The van der Waals surface area contributed by atoms with Crippen LogP contribution in [0.5, 0.6) is 0 Å². The number of benzene rings is 1. The van der Waals surface area contributed by atoms with Crippen LogP contribution in [0.25, 0.3) is 0 Å². The van der Waals surface area contributed by atoms with E-state index in [0.29, 0.717) is 37.4 Å². The van der Waals surface area contributed by atoms with Gasteiger partial charge in [-0.3, -0.25) is 14.6 Å². The third-order valence-electron chi connectivity index (χ3n) is 6.72. The summed E-state index contributed by atoms with van der Waals surface area (Å²) in [5.41, 5.74) is 1.33. The molecule has 0 spiro atoms. The number of hydrogen-bond donors (Lipinski definition) is 1. The molecular weight excluding hydrogens is 549 g/mol. The van der Waals surface area contributed by atoms with Gasteiger partial charge in [0.05, 0.1) is 8.67 Å². The molecule has 3 amide bonds. The maximum absolute atomic E-state index is 13.0. The lowest BCUT2D eigenvalue weighted by Crippen LogP contribution is -2.49. The van der Waals surface area contributed by atoms with Crippen LogP contribution in [0.4, 0.5) is 10.5 Å². The Morgan fingerprint density at radius 3 is 1.62 bits per heavy atom. The number of anilines is 1. The SMILES string of the molecule is O=C(Nc1ccc(C(=O)N2CCN(Cc3ccc(Cl)s3)CC2)cc1)N1CCN(Cc2ccc(Cl)s2)CC1. The average molecular weight is 579 g/mol. The Hall–Kier alpha value is -2.14. The van der Waals surface area contributed by atoms with Crippen molar-refractivity contribution in [3.63, 3.8) is 0 Å². The number of rotatable bonds is 6. The van der Waals surface area contributed by atoms with Crippen molar-refractivity contribution in [3.8, 4) is 0 Å². The molecule has 2 aliphatic rings. The van der Waals surface area contributed by atoms with Crippen LogP contribution >= 0.6 is 45.9 Å². The summed E-state index contributed by atoms with van der Waals surface area (Å²) >= 11 is 15.3. The number of nitrogens with one attached hydrogen (secondary N) is 1. The highest BCUT2D eigenvalue weighted by Crippen LogP contribution is 2.24. The van der Waals surface area contributed by atoms with Crippen LogP contribution in [0.3, 0.4) is 0 Å². The van der Waals surface area contributed by atoms with Crippen LogP contribution in [0, 0.1) is 0 Å². The minimum Gasteiger partial charge on any atom is -0.336 e. The monoisotopic (exact) mass is 577 g/mol. The Balaban J connectivity index is 1.06. The van der Waals surface area contributed by atoms with Gasteiger partial charge in [-0.25, -0.2) is 4.79 Å². The van der Waals surface area contributed by atoms with E-state index in [9.17, 15) is 9.59 Å². The van der Waals surface area contributed by atoms with Crippen LogP contribution in [0.15, 0.2) is 48.5 Å². The van der Waals surface area contributed by atoms with Gasteiger partial charge < -0.3 is 15.1 Å². The number of amides is 3. The van der Waals surface area contributed by atoms with Crippen LogP contribution < -0.4 is 5.32 Å². The number of piperazine rings is 2. The van der Waals surface area contributed by atoms with E-state index in [1.165, 1.54) is 9.75 Å². The molecule has 2 aromatic heterocycles. The van der Waals surface area contributed by atoms with Gasteiger partial charge >= 0.3 is 6.03 Å². The summed E-state index contributed by atoms with van der Waals surface area (Å²) in [7, 11) is 0. The molecule has 2 saturated heterocycles. The van der Waals surface area contributed by atoms with E-state index in [4.69, 9.17) is 23.2 Å². The number of thiophene rings is 2. The van der Waals surface area contributed by atoms with E-state index >= 15 is 0 Å². The van der Waals surface area contributed by atoms with Gasteiger partial charge in [0.2, 0.25) is 0 Å². The molecule has 7 nitrogen and oxygen atoms in total. The van der Waals surface area contributed by atoms with E-state index in [0.717, 1.165) is 47.9 Å². The number of urea groups is 1. The third-order valence-corrected chi connectivity index (χ3v) is 9.15. The normalized spacial score (nSPS) is 17.2. The molecule has 4 heterocycles. The molecule has 3 aromatic rings. The number of hydrogen-bond acceptors (Lipinski definition) is 6. The van der Waals surface area contributed by atoms with Crippen molar-refractivity contribution in [2.24, 2.45) is 0 Å². The van der Waals surface area contributed by atoms with Crippen LogP contribution in [-0.2, 0) is 13.1 Å². The third kappa shape index (κ3) is 7.04. The van der Waals surface area contributed by atoms with Crippen molar-refractivity contribution in [3.05, 3.63) is 72.5 Å². The molecule has 0 atom stereocenters. The summed E-state index contributed by atoms with van der Waals surface area (Å²) in [5, 5.41) is 2.97. The van der Waals surface area contributed by atoms with Gasteiger partial charge in [0, 0.05) is 86.5 Å². The largest absolute Gasteiger partial charge is 0.336 e. The molecule has 196 valence electrons. The predicted molar refractivity (Wildman–Crippen MR) is 152 cm³/mol. The maximum Gasteiger partial charge on any atom is 0.321 e. The second kappa shape index (κ2) is 12.1. The van der Waals surface area contributed by atoms with Gasteiger partial charge in [0.1, 0.15) is 0 Å². The Bertz CT molecular complexity index is 1220. The molecule has 2 aliphatic heterocycles. The Kier molecular flexibility index (Phi) is 8.69. The minimum absolute atomic E-state index is 0.0276. The fourth-order valence-electron chi connectivity index (χ4n) is 4.61. The van der Waals surface area contributed by atoms with Crippen LogP contribution in [-0.4, -0.2) is 83.9 Å². The summed E-state index contributed by atoms with van der Waals surface area (Å²) in [5.74, 6) is 0.0276. The number of carbonyl (C=O) groups excluding carboxylic acids is 2. The second-order valence-corrected chi connectivity index (χ2v) is 12.8. The molecular formula is C26H29Cl2N5O2S2. The Morgan fingerprint density at radius 2 is 1.16 bits per heavy atom. The predicted octanol–water partition coefficient (Wildman–Crippen LogP) is 5.42. The summed E-state index contributed by atoms with van der Waals surface area (Å²) in [6.45, 7) is 7.79. The van der Waals surface area contributed by atoms with Gasteiger partial charge in [-0.15, -0.1) is 22.7 Å². The summed E-state index contributed by atoms with van der Waals surface area (Å²) in [6, 6.07) is 15.1. The number of halogens is 2. The van der Waals surface area contributed by atoms with E-state index in [-0.39, 0.29) is 11.9 Å². The Labute approximate surface area is 235 Å². The van der Waals surface area contributed by atoms with Gasteiger partial charge in [-0.05, 0) is 48.5 Å². The highest BCUT2D eigenvalue weighted by molar-refractivity contribution is 7.16. The first-order valence-electron chi connectivity index (χ1n) is 12.3. The van der Waals surface area contributed by atoms with Crippen molar-refractivity contribution in [1.29, 1.82) is 0 Å². The van der Waals surface area contributed by atoms with Gasteiger partial charge in [0.15, 0.2) is 0 Å². The first kappa shape index (κ1) is 26.5. The Morgan fingerprint density at radius 1 is 0.676 bits per heavy atom. The zero-order valence-electron chi connectivity index (χ0n) is 20.4. The molecule has 2 fully saturated rings. The lowest BCUT2D eigenvalue weighted by Gasteiger charge is -2.34. The van der Waals surface area contributed by atoms with Crippen LogP contribution in [0.1, 0.15) is 20.1 Å². The first-order valence-corrected chi connectivity index (χ1v) is 14.7. The topological polar surface area (TPSA) is 59.1 Å². The first-order chi connectivity index (χ1) is 17.9. The fraction of sp³-hybridized carbons (Fsp3) is 0.385. The summed E-state index contributed by atoms with van der Waals surface area (Å²) in [4.78, 5) is 36.7. The maximum atomic E-state index is 13.0. The van der Waals surface area contributed by atoms with Crippen molar-refractivity contribution in [1.82, 2.24) is 19.6 Å². The van der Waals surface area contributed by atoms with Crippen molar-refractivity contribution in [2.75, 3.05) is 57.7 Å². The van der Waals surface area contributed by atoms with E-state index in [1.807, 2.05) is 21.9 Å². The van der Waals surface area contributed by atoms with E-state index < -0.39 is 0 Å². The number of nitrogens with zero attached hydrogens (tertiary/aromatic N) is 4. The molecule has 1 aromatic carbocycles. The molecule has 0 unspecified atom stereocenters. The highest BCUT2D eigenvalue weighted by Gasteiger charge is 2.24. The molecule has 37 heavy (non-hydrogen) atoms. The number of carbonyl (C=O) groups is 2. The van der Waals surface area contributed by atoms with Crippen molar-refractivity contribution >= 4 is 63.5 Å². The minimum atomic E-state index is -0.110. The molecule has 5 rings (SSSR count). The molecule has 0 aliphatic carbocycles. The smallest absolute Gasteiger partial charge is 0.321 e. The molecule has 0 radical (unpaired) electrons. The van der Waals surface area contributed by atoms with Gasteiger partial charge in [-0.2, -0.15) is 0 Å². The lowest BCUT2D eigenvalue weighted by molar-refractivity contribution is 0.0629. The average Bonchev–Trinajstić information content (AvgIpc) is 3.51. The van der Waals surface area contributed by atoms with Gasteiger partial charge in [-0.1, -0.05) is 23.2 Å². The van der Waals surface area contributed by atoms with Crippen molar-refractivity contribution < 1.29 is 9.59 Å². The van der Waals surface area contributed by atoms with Crippen LogP contribution in [0.2, 0.25) is 8.67 Å². The van der Waals surface area contributed by atoms with Crippen molar-refractivity contribution in [2.45, 2.75) is 13.1 Å². The van der Waals surface area contributed by atoms with E-state index in [2.05, 4.69) is 27.2 Å². The fourth-order valence-corrected chi connectivity index (χ4v) is 6.87. The zero-order valence-corrected chi connectivity index (χ0v) is 23.5. The second-order valence-electron chi connectivity index (χ2n) is 9.25. The molecule has 0 saturated carbocycles. The van der Waals surface area contributed by atoms with Gasteiger partial charge in [0.25, 0.3) is 5.91 Å². The summed E-state index contributed by atoms with van der Waals surface area (Å²) in [6.07, 6.45) is 0. The quantitative estimate of drug-likeness (QED) is 0.424.